The van der Waals surface area contributed by atoms with Gasteiger partial charge in [0, 0.05) is 7.05 Å². The Hall–Kier alpha value is -1.58. The number of pyridine rings is 1. The van der Waals surface area contributed by atoms with Crippen molar-refractivity contribution in [2.45, 2.75) is 12.4 Å². The van der Waals surface area contributed by atoms with Gasteiger partial charge in [-0.2, -0.15) is 26.3 Å². The van der Waals surface area contributed by atoms with Gasteiger partial charge in [-0.1, -0.05) is 12.2 Å². The van der Waals surface area contributed by atoms with Gasteiger partial charge < -0.3 is 10.6 Å². The molecule has 0 aromatic carbocycles. The van der Waals surface area contributed by atoms with Crippen LogP contribution in [0.25, 0.3) is 0 Å². The van der Waals surface area contributed by atoms with Gasteiger partial charge in [0.15, 0.2) is 0 Å². The summed E-state index contributed by atoms with van der Waals surface area (Å²) in [5, 5.41) is 0. The number of aromatic nitrogens is 1. The Morgan fingerprint density at radius 3 is 2.20 bits per heavy atom. The molecule has 1 heterocycles. The van der Waals surface area contributed by atoms with Gasteiger partial charge in [0.05, 0.1) is 5.56 Å². The van der Waals surface area contributed by atoms with Crippen molar-refractivity contribution in [2.75, 3.05) is 18.5 Å². The summed E-state index contributed by atoms with van der Waals surface area (Å²) in [6.07, 6.45) is -9.37. The van der Waals surface area contributed by atoms with E-state index in [1.807, 2.05) is 0 Å². The zero-order chi connectivity index (χ0) is 15.7. The largest absolute Gasteiger partial charge is 0.433 e. The molecule has 0 saturated heterocycles. The molecule has 2 N–H and O–H groups in total. The first-order valence-electron chi connectivity index (χ1n) is 5.08. The summed E-state index contributed by atoms with van der Waals surface area (Å²) >= 11 is 4.60. The zero-order valence-electron chi connectivity index (χ0n) is 10.0. The average Bonchev–Trinajstić information content (AvgIpc) is 2.24. The highest BCUT2D eigenvalue weighted by Gasteiger charge is 2.35. The number of hydrogen-bond donors (Lipinski definition) is 1. The summed E-state index contributed by atoms with van der Waals surface area (Å²) in [7, 11) is 0.956. The van der Waals surface area contributed by atoms with Crippen LogP contribution >= 0.6 is 12.2 Å². The number of nitrogens with two attached hydrogens (primary N) is 1. The molecule has 0 aliphatic carbocycles. The first-order chi connectivity index (χ1) is 8.92. The van der Waals surface area contributed by atoms with Crippen molar-refractivity contribution >= 4 is 23.0 Å². The predicted octanol–water partition coefficient (Wildman–Crippen LogP) is 2.73. The fourth-order valence-electron chi connectivity index (χ4n) is 1.43. The van der Waals surface area contributed by atoms with E-state index in [2.05, 4.69) is 17.2 Å². The van der Waals surface area contributed by atoms with E-state index in [1.165, 1.54) is 0 Å². The van der Waals surface area contributed by atoms with E-state index in [9.17, 15) is 26.3 Å². The third-order valence-electron chi connectivity index (χ3n) is 2.21. The third kappa shape index (κ3) is 4.22. The van der Waals surface area contributed by atoms with E-state index >= 15 is 0 Å². The van der Waals surface area contributed by atoms with Crippen LogP contribution in [0.1, 0.15) is 11.3 Å². The van der Waals surface area contributed by atoms with Crippen LogP contribution in [-0.4, -0.2) is 29.7 Å². The van der Waals surface area contributed by atoms with Crippen LogP contribution in [0.2, 0.25) is 0 Å². The molecule has 0 amide bonds. The number of nitrogens with zero attached hydrogens (tertiary/aromatic N) is 2. The lowest BCUT2D eigenvalue weighted by atomic mass is 10.2. The lowest BCUT2D eigenvalue weighted by Gasteiger charge is -2.23. The van der Waals surface area contributed by atoms with E-state index in [1.54, 1.807) is 0 Å². The van der Waals surface area contributed by atoms with Gasteiger partial charge in [0.25, 0.3) is 0 Å². The summed E-state index contributed by atoms with van der Waals surface area (Å²) in [5.41, 5.74) is 3.81. The molecule has 0 radical (unpaired) electrons. The fraction of sp³-hybridized carbons (Fsp3) is 0.400. The Balaban J connectivity index is 3.29. The molecule has 3 nitrogen and oxygen atoms in total. The molecular formula is C10H9F6N3S. The monoisotopic (exact) mass is 317 g/mol. The maximum Gasteiger partial charge on any atom is 0.433 e. The maximum atomic E-state index is 12.5. The van der Waals surface area contributed by atoms with Crippen LogP contribution < -0.4 is 10.6 Å². The van der Waals surface area contributed by atoms with Gasteiger partial charge in [-0.3, -0.25) is 0 Å². The van der Waals surface area contributed by atoms with Crippen LogP contribution in [-0.2, 0) is 6.18 Å². The van der Waals surface area contributed by atoms with Crippen LogP contribution in [0.5, 0.6) is 0 Å². The number of rotatable bonds is 3. The smallest absolute Gasteiger partial charge is 0.389 e. The quantitative estimate of drug-likeness (QED) is 0.687. The van der Waals surface area contributed by atoms with Crippen molar-refractivity contribution in [3.8, 4) is 0 Å². The highest BCUT2D eigenvalue weighted by molar-refractivity contribution is 7.80. The lowest BCUT2D eigenvalue weighted by Crippen LogP contribution is -2.33. The standard InChI is InChI=1S/C10H9F6N3S/c1-19(4-9(11,12)13)8-5(7(17)20)2-3-6(18-8)10(14,15)16/h2-3H,4H2,1H3,(H2,17,20). The van der Waals surface area contributed by atoms with Gasteiger partial charge >= 0.3 is 12.4 Å². The van der Waals surface area contributed by atoms with Crippen LogP contribution in [0.4, 0.5) is 32.2 Å². The molecule has 0 unspecified atom stereocenters. The van der Waals surface area contributed by atoms with Crippen molar-refractivity contribution in [3.05, 3.63) is 23.4 Å². The van der Waals surface area contributed by atoms with E-state index < -0.39 is 30.4 Å². The van der Waals surface area contributed by atoms with E-state index in [0.717, 1.165) is 13.1 Å². The topological polar surface area (TPSA) is 42.2 Å². The third-order valence-corrected chi connectivity index (χ3v) is 2.43. The summed E-state index contributed by atoms with van der Waals surface area (Å²) in [4.78, 5) is 3.36. The number of alkyl halides is 6. The van der Waals surface area contributed by atoms with Crippen LogP contribution in [0.15, 0.2) is 12.1 Å². The number of thiocarbonyl (C=S) groups is 1. The molecular weight excluding hydrogens is 308 g/mol. The number of anilines is 1. The van der Waals surface area contributed by atoms with Crippen molar-refractivity contribution < 1.29 is 26.3 Å². The minimum Gasteiger partial charge on any atom is -0.389 e. The van der Waals surface area contributed by atoms with Crippen LogP contribution in [0.3, 0.4) is 0 Å². The zero-order valence-corrected chi connectivity index (χ0v) is 10.8. The molecule has 1 rings (SSSR count). The highest BCUT2D eigenvalue weighted by Crippen LogP contribution is 2.31. The minimum atomic E-state index is -4.78. The number of hydrogen-bond acceptors (Lipinski definition) is 3. The molecule has 112 valence electrons. The average molecular weight is 317 g/mol. The second kappa shape index (κ2) is 5.43. The molecule has 1 aromatic heterocycles. The first-order valence-corrected chi connectivity index (χ1v) is 5.48. The van der Waals surface area contributed by atoms with E-state index in [4.69, 9.17) is 5.73 Å². The van der Waals surface area contributed by atoms with E-state index in [-0.39, 0.29) is 10.6 Å². The molecule has 0 bridgehead atoms. The Morgan fingerprint density at radius 2 is 1.80 bits per heavy atom. The second-order valence-electron chi connectivity index (χ2n) is 3.90. The molecule has 0 saturated carbocycles. The molecule has 20 heavy (non-hydrogen) atoms. The molecule has 0 spiro atoms. The normalized spacial score (nSPS) is 12.3. The first kappa shape index (κ1) is 16.5. The molecule has 0 atom stereocenters. The van der Waals surface area contributed by atoms with Crippen molar-refractivity contribution in [1.29, 1.82) is 0 Å². The fourth-order valence-corrected chi connectivity index (χ4v) is 1.59. The predicted molar refractivity (Wildman–Crippen MR) is 64.5 cm³/mol. The molecule has 0 aliphatic heterocycles. The van der Waals surface area contributed by atoms with Gasteiger partial charge in [-0.25, -0.2) is 4.98 Å². The van der Waals surface area contributed by atoms with Gasteiger partial charge in [0.2, 0.25) is 0 Å². The minimum absolute atomic E-state index is 0.153. The Bertz CT molecular complexity index is 511. The van der Waals surface area contributed by atoms with Crippen molar-refractivity contribution in [2.24, 2.45) is 5.73 Å². The lowest BCUT2D eigenvalue weighted by molar-refractivity contribution is -0.141. The summed E-state index contributed by atoms with van der Waals surface area (Å²) < 4.78 is 74.5. The van der Waals surface area contributed by atoms with Crippen molar-refractivity contribution in [3.63, 3.8) is 0 Å². The molecule has 10 heteroatoms. The van der Waals surface area contributed by atoms with Crippen molar-refractivity contribution in [1.82, 2.24) is 4.98 Å². The Kier molecular flexibility index (Phi) is 4.47. The molecule has 0 aliphatic rings. The Morgan fingerprint density at radius 1 is 1.25 bits per heavy atom. The van der Waals surface area contributed by atoms with Gasteiger partial charge in [0.1, 0.15) is 23.0 Å². The molecule has 0 fully saturated rings. The molecule has 1 aromatic rings. The summed E-state index contributed by atoms with van der Waals surface area (Å²) in [6, 6.07) is 1.51. The Labute approximate surface area is 115 Å². The second-order valence-corrected chi connectivity index (χ2v) is 4.34. The SMILES string of the molecule is CN(CC(F)(F)F)c1nc(C(F)(F)F)ccc1C(N)=S. The summed E-state index contributed by atoms with van der Waals surface area (Å²) in [6.45, 7) is -1.48. The van der Waals surface area contributed by atoms with Crippen LogP contribution in [0, 0.1) is 0 Å². The summed E-state index contributed by atoms with van der Waals surface area (Å²) in [5.74, 6) is -0.565. The maximum absolute atomic E-state index is 12.5. The highest BCUT2D eigenvalue weighted by atomic mass is 32.1. The van der Waals surface area contributed by atoms with Gasteiger partial charge in [-0.05, 0) is 12.1 Å². The van der Waals surface area contributed by atoms with E-state index in [0.29, 0.717) is 11.0 Å². The number of halogens is 6. The van der Waals surface area contributed by atoms with Gasteiger partial charge in [-0.15, -0.1) is 0 Å².